The maximum Gasteiger partial charge on any atom is 0.350 e. The highest BCUT2D eigenvalue weighted by Gasteiger charge is 2.70. The molecule has 0 amide bonds. The van der Waals surface area contributed by atoms with Crippen LogP contribution in [-0.4, -0.2) is 52.7 Å². The van der Waals surface area contributed by atoms with E-state index in [2.05, 4.69) is 26.0 Å². The Morgan fingerprint density at radius 1 is 1.05 bits per heavy atom. The van der Waals surface area contributed by atoms with Crippen LogP contribution in [0, 0.1) is 34.5 Å². The van der Waals surface area contributed by atoms with Gasteiger partial charge in [0.2, 0.25) is 5.60 Å². The first-order valence-corrected chi connectivity index (χ1v) is 14.9. The molecule has 5 fully saturated rings. The van der Waals surface area contributed by atoms with Crippen LogP contribution in [0.4, 0.5) is 0 Å². The predicted octanol–water partition coefficient (Wildman–Crippen LogP) is 4.39. The molecule has 10 unspecified atom stereocenters. The summed E-state index contributed by atoms with van der Waals surface area (Å²) in [5, 5.41) is 0. The number of carbonyl (C=O) groups excluding carboxylic acids is 4. The molecule has 0 aromatic rings. The minimum Gasteiger partial charge on any atom is -0.459 e. The van der Waals surface area contributed by atoms with Crippen molar-refractivity contribution < 1.29 is 38.1 Å². The van der Waals surface area contributed by atoms with Crippen molar-refractivity contribution in [3.8, 4) is 0 Å². The molecule has 3 aliphatic heterocycles. The number of esters is 3. The third kappa shape index (κ3) is 3.12. The predicted molar refractivity (Wildman–Crippen MR) is 141 cm³/mol. The summed E-state index contributed by atoms with van der Waals surface area (Å²) in [5.74, 6) is -1.02. The molecule has 7 rings (SSSR count). The van der Waals surface area contributed by atoms with E-state index in [1.165, 1.54) is 6.92 Å². The molecule has 10 atom stereocenters. The Bertz CT molecular complexity index is 1310. The first-order valence-electron chi connectivity index (χ1n) is 14.9. The average Bonchev–Trinajstić information content (AvgIpc) is 3.44. The second-order valence-corrected chi connectivity index (χ2v) is 14.7. The fraction of sp³-hybridized carbons (Fsp3) is 0.750. The van der Waals surface area contributed by atoms with Gasteiger partial charge in [0.15, 0.2) is 11.4 Å². The summed E-state index contributed by atoms with van der Waals surface area (Å²) in [4.78, 5) is 51.5. The normalized spacial score (nSPS) is 50.0. The van der Waals surface area contributed by atoms with E-state index in [1.54, 1.807) is 6.92 Å². The lowest BCUT2D eigenvalue weighted by atomic mass is 9.52. The minimum absolute atomic E-state index is 0.0929. The van der Waals surface area contributed by atoms with Crippen LogP contribution >= 0.6 is 0 Å². The molecular formula is C32H40O8. The lowest BCUT2D eigenvalue weighted by Crippen LogP contribution is -2.51. The van der Waals surface area contributed by atoms with E-state index in [1.807, 2.05) is 13.8 Å². The number of carbonyl (C=O) groups is 4. The Kier molecular flexibility index (Phi) is 5.20. The van der Waals surface area contributed by atoms with Crippen molar-refractivity contribution in [2.75, 3.05) is 0 Å². The van der Waals surface area contributed by atoms with Gasteiger partial charge >= 0.3 is 17.9 Å². The van der Waals surface area contributed by atoms with E-state index in [0.717, 1.165) is 30.4 Å². The van der Waals surface area contributed by atoms with Gasteiger partial charge in [-0.05, 0) is 74.7 Å². The lowest BCUT2D eigenvalue weighted by molar-refractivity contribution is -0.197. The first kappa shape index (κ1) is 26.4. The molecule has 2 saturated carbocycles. The van der Waals surface area contributed by atoms with Gasteiger partial charge in [-0.15, -0.1) is 0 Å². The Morgan fingerprint density at radius 2 is 1.80 bits per heavy atom. The van der Waals surface area contributed by atoms with E-state index in [-0.39, 0.29) is 64.9 Å². The highest BCUT2D eigenvalue weighted by molar-refractivity contribution is 5.99. The molecule has 0 N–H and O–H groups in total. The van der Waals surface area contributed by atoms with Gasteiger partial charge in [0.1, 0.15) is 12.2 Å². The van der Waals surface area contributed by atoms with Gasteiger partial charge in [-0.1, -0.05) is 26.0 Å². The smallest absolute Gasteiger partial charge is 0.350 e. The number of fused-ring (bicyclic) bond motifs is 4. The van der Waals surface area contributed by atoms with Crippen LogP contribution in [0.5, 0.6) is 0 Å². The van der Waals surface area contributed by atoms with Gasteiger partial charge in [0.05, 0.1) is 12.0 Å². The van der Waals surface area contributed by atoms with Crippen LogP contribution in [-0.2, 0) is 38.1 Å². The molecule has 3 saturated heterocycles. The molecule has 8 heteroatoms. The zero-order valence-electron chi connectivity index (χ0n) is 24.3. The Morgan fingerprint density at radius 3 is 2.52 bits per heavy atom. The maximum atomic E-state index is 14.1. The van der Waals surface area contributed by atoms with E-state index < -0.39 is 28.7 Å². The largest absolute Gasteiger partial charge is 0.459 e. The average molecular weight is 553 g/mol. The van der Waals surface area contributed by atoms with E-state index in [4.69, 9.17) is 18.9 Å². The molecule has 0 aromatic carbocycles. The van der Waals surface area contributed by atoms with Crippen molar-refractivity contribution >= 4 is 23.7 Å². The van der Waals surface area contributed by atoms with Crippen LogP contribution in [0.3, 0.4) is 0 Å². The molecule has 8 nitrogen and oxygen atoms in total. The SMILES string of the molecule is CC(=O)OC1(C)C(=O)OC2CC1CC2C1CCC2(C)C3=C(CC45OC(=O)CC4OC(C)(C)C5C=C3)C(=O)CC12C. The lowest BCUT2D eigenvalue weighted by Gasteiger charge is -2.51. The molecule has 2 bridgehead atoms. The molecule has 0 aromatic heterocycles. The van der Waals surface area contributed by atoms with E-state index in [0.29, 0.717) is 19.3 Å². The van der Waals surface area contributed by atoms with Crippen LogP contribution in [0.15, 0.2) is 23.3 Å². The second kappa shape index (κ2) is 7.87. The first-order chi connectivity index (χ1) is 18.6. The minimum atomic E-state index is -1.26. The molecular weight excluding hydrogens is 512 g/mol. The zero-order valence-corrected chi connectivity index (χ0v) is 24.3. The van der Waals surface area contributed by atoms with Gasteiger partial charge in [0, 0.05) is 37.2 Å². The highest BCUT2D eigenvalue weighted by atomic mass is 16.6. The summed E-state index contributed by atoms with van der Waals surface area (Å²) in [6.45, 7) is 11.7. The zero-order chi connectivity index (χ0) is 28.6. The second-order valence-electron chi connectivity index (χ2n) is 14.7. The van der Waals surface area contributed by atoms with Gasteiger partial charge in [0.25, 0.3) is 0 Å². The van der Waals surface area contributed by atoms with E-state index >= 15 is 0 Å². The molecule has 216 valence electrons. The standard InChI is InChI=1S/C32H40O8/c1-16(33)38-31(6)17-11-18(23(12-17)37-27(31)36)21-9-10-29(4)20-7-8-24-28(2,3)39-25-13-26(35)40-32(24,25)14-19(20)22(34)15-30(21,29)5/h7-8,17-18,21,23-25H,9-15H2,1-6H3. The Labute approximate surface area is 235 Å². The van der Waals surface area contributed by atoms with Crippen LogP contribution in [0.2, 0.25) is 0 Å². The maximum absolute atomic E-state index is 14.1. The van der Waals surface area contributed by atoms with Crippen molar-refractivity contribution in [1.82, 2.24) is 0 Å². The van der Waals surface area contributed by atoms with Gasteiger partial charge in [-0.3, -0.25) is 14.4 Å². The van der Waals surface area contributed by atoms with Crippen molar-refractivity contribution in [2.45, 2.75) is 115 Å². The van der Waals surface area contributed by atoms with Crippen molar-refractivity contribution in [3.63, 3.8) is 0 Å². The van der Waals surface area contributed by atoms with Crippen molar-refractivity contribution in [3.05, 3.63) is 23.3 Å². The summed E-state index contributed by atoms with van der Waals surface area (Å²) < 4.78 is 24.0. The monoisotopic (exact) mass is 552 g/mol. The third-order valence-corrected chi connectivity index (χ3v) is 12.5. The summed E-state index contributed by atoms with van der Waals surface area (Å²) in [5.41, 5.74) is -1.32. The summed E-state index contributed by atoms with van der Waals surface area (Å²) in [7, 11) is 0. The third-order valence-electron chi connectivity index (χ3n) is 12.5. The molecule has 4 aliphatic carbocycles. The summed E-state index contributed by atoms with van der Waals surface area (Å²) in [6, 6.07) is 0. The Balaban J connectivity index is 1.25. The quantitative estimate of drug-likeness (QED) is 0.367. The topological polar surface area (TPSA) is 105 Å². The van der Waals surface area contributed by atoms with Gasteiger partial charge in [-0.25, -0.2) is 4.79 Å². The number of allylic oxidation sites excluding steroid dienone is 2. The Hall–Kier alpha value is -2.48. The van der Waals surface area contributed by atoms with Crippen LogP contribution in [0.25, 0.3) is 0 Å². The number of ether oxygens (including phenoxy) is 4. The number of hydrogen-bond donors (Lipinski definition) is 0. The van der Waals surface area contributed by atoms with Crippen molar-refractivity contribution in [2.24, 2.45) is 34.5 Å². The van der Waals surface area contributed by atoms with Crippen LogP contribution in [0.1, 0.15) is 86.5 Å². The number of rotatable bonds is 2. The van der Waals surface area contributed by atoms with Crippen molar-refractivity contribution in [1.29, 1.82) is 0 Å². The van der Waals surface area contributed by atoms with Crippen LogP contribution < -0.4 is 0 Å². The van der Waals surface area contributed by atoms with Gasteiger partial charge in [-0.2, -0.15) is 0 Å². The molecule has 40 heavy (non-hydrogen) atoms. The molecule has 3 heterocycles. The molecule has 7 aliphatic rings. The summed E-state index contributed by atoms with van der Waals surface area (Å²) in [6.07, 6.45) is 8.00. The number of hydrogen-bond acceptors (Lipinski definition) is 8. The highest BCUT2D eigenvalue weighted by Crippen LogP contribution is 2.70. The molecule has 1 spiro atoms. The number of ketones is 1. The van der Waals surface area contributed by atoms with Gasteiger partial charge < -0.3 is 18.9 Å². The number of Topliss-reactive ketones (excluding diaryl/α,β-unsaturated/α-hetero) is 1. The van der Waals surface area contributed by atoms with E-state index in [9.17, 15) is 19.2 Å². The summed E-state index contributed by atoms with van der Waals surface area (Å²) >= 11 is 0. The molecule has 0 radical (unpaired) electrons. The fourth-order valence-corrected chi connectivity index (χ4v) is 10.4. The fourth-order valence-electron chi connectivity index (χ4n) is 10.4.